The molecule has 0 aliphatic rings. The second-order valence-corrected chi connectivity index (χ2v) is 4.66. The van der Waals surface area contributed by atoms with Crippen molar-refractivity contribution in [2.24, 2.45) is 0 Å². The van der Waals surface area contributed by atoms with E-state index in [0.29, 0.717) is 6.04 Å². The maximum atomic E-state index is 3.99. The van der Waals surface area contributed by atoms with E-state index in [2.05, 4.69) is 36.3 Å². The first kappa shape index (κ1) is 11.5. The quantitative estimate of drug-likeness (QED) is 0.577. The van der Waals surface area contributed by atoms with Crippen LogP contribution in [-0.2, 0) is 0 Å². The summed E-state index contributed by atoms with van der Waals surface area (Å²) in [4.78, 5) is 5.30. The van der Waals surface area contributed by atoms with Gasteiger partial charge in [0.05, 0.1) is 0 Å². The number of nitrogens with zero attached hydrogens (tertiary/aromatic N) is 1. The summed E-state index contributed by atoms with van der Waals surface area (Å²) < 4.78 is 0. The highest BCUT2D eigenvalue weighted by Crippen LogP contribution is 2.16. The molecule has 3 heteroatoms. The van der Waals surface area contributed by atoms with Gasteiger partial charge in [0, 0.05) is 23.3 Å². The Balaban J connectivity index is 2.05. The lowest BCUT2D eigenvalue weighted by Gasteiger charge is -2.07. The van der Waals surface area contributed by atoms with E-state index in [1.165, 1.54) is 17.1 Å². The molecule has 0 unspecified atom stereocenters. The Hall–Kier alpha value is -0.540. The first-order valence-corrected chi connectivity index (χ1v) is 6.04. The third-order valence-electron chi connectivity index (χ3n) is 1.79. The molecule has 0 amide bonds. The zero-order chi connectivity index (χ0) is 10.2. The Morgan fingerprint density at radius 3 is 2.71 bits per heavy atom. The van der Waals surface area contributed by atoms with Crippen molar-refractivity contribution in [3.05, 3.63) is 24.5 Å². The standard InChI is InChI=1S/C11H18N2S/c1-10(2)13-6-3-9-14-11-4-7-12-8-5-11/h4-5,7-8,10,13H,3,6,9H2,1-2H3. The Morgan fingerprint density at radius 1 is 1.36 bits per heavy atom. The van der Waals surface area contributed by atoms with E-state index in [9.17, 15) is 0 Å². The zero-order valence-electron chi connectivity index (χ0n) is 8.86. The van der Waals surface area contributed by atoms with E-state index in [4.69, 9.17) is 0 Å². The van der Waals surface area contributed by atoms with Gasteiger partial charge in [-0.1, -0.05) is 13.8 Å². The van der Waals surface area contributed by atoms with Gasteiger partial charge in [-0.25, -0.2) is 0 Å². The zero-order valence-corrected chi connectivity index (χ0v) is 9.68. The number of rotatable bonds is 6. The summed E-state index contributed by atoms with van der Waals surface area (Å²) in [5, 5.41) is 3.41. The van der Waals surface area contributed by atoms with Gasteiger partial charge < -0.3 is 5.32 Å². The molecule has 0 radical (unpaired) electrons. The van der Waals surface area contributed by atoms with Crippen LogP contribution in [0.5, 0.6) is 0 Å². The molecule has 0 spiro atoms. The van der Waals surface area contributed by atoms with Crippen molar-refractivity contribution < 1.29 is 0 Å². The SMILES string of the molecule is CC(C)NCCCSc1ccncc1. The highest BCUT2D eigenvalue weighted by atomic mass is 32.2. The molecule has 0 saturated carbocycles. The summed E-state index contributed by atoms with van der Waals surface area (Å²) in [7, 11) is 0. The molecular formula is C11H18N2S. The average molecular weight is 210 g/mol. The molecular weight excluding hydrogens is 192 g/mol. The molecule has 1 aromatic heterocycles. The lowest BCUT2D eigenvalue weighted by molar-refractivity contribution is 0.586. The van der Waals surface area contributed by atoms with E-state index >= 15 is 0 Å². The third kappa shape index (κ3) is 5.25. The molecule has 14 heavy (non-hydrogen) atoms. The Labute approximate surface area is 90.5 Å². The predicted molar refractivity (Wildman–Crippen MR) is 62.7 cm³/mol. The molecule has 0 atom stereocenters. The van der Waals surface area contributed by atoms with Gasteiger partial charge in [-0.05, 0) is 30.9 Å². The Morgan fingerprint density at radius 2 is 2.07 bits per heavy atom. The first-order valence-electron chi connectivity index (χ1n) is 5.05. The number of pyridine rings is 1. The number of nitrogens with one attached hydrogen (secondary N) is 1. The van der Waals surface area contributed by atoms with Gasteiger partial charge in [0.15, 0.2) is 0 Å². The van der Waals surface area contributed by atoms with E-state index in [1.807, 2.05) is 24.2 Å². The van der Waals surface area contributed by atoms with Gasteiger partial charge in [0.25, 0.3) is 0 Å². The summed E-state index contributed by atoms with van der Waals surface area (Å²) in [5.41, 5.74) is 0. The minimum absolute atomic E-state index is 0.598. The van der Waals surface area contributed by atoms with Crippen molar-refractivity contribution in [2.75, 3.05) is 12.3 Å². The summed E-state index contributed by atoms with van der Waals surface area (Å²) >= 11 is 1.89. The molecule has 0 aliphatic carbocycles. The lowest BCUT2D eigenvalue weighted by atomic mass is 10.4. The van der Waals surface area contributed by atoms with Crippen LogP contribution in [-0.4, -0.2) is 23.3 Å². The molecule has 1 rings (SSSR count). The maximum absolute atomic E-state index is 3.99. The molecule has 0 bridgehead atoms. The van der Waals surface area contributed by atoms with Crippen LogP contribution in [0.2, 0.25) is 0 Å². The van der Waals surface area contributed by atoms with Crippen LogP contribution in [0.1, 0.15) is 20.3 Å². The second-order valence-electron chi connectivity index (χ2n) is 3.49. The third-order valence-corrected chi connectivity index (χ3v) is 2.89. The number of thioether (sulfide) groups is 1. The predicted octanol–water partition coefficient (Wildman–Crippen LogP) is 2.56. The van der Waals surface area contributed by atoms with Crippen molar-refractivity contribution in [1.29, 1.82) is 0 Å². The monoisotopic (exact) mass is 210 g/mol. The van der Waals surface area contributed by atoms with E-state index in [0.717, 1.165) is 6.54 Å². The molecule has 0 saturated heterocycles. The number of aromatic nitrogens is 1. The number of hydrogen-bond donors (Lipinski definition) is 1. The smallest absolute Gasteiger partial charge is 0.0278 e. The maximum Gasteiger partial charge on any atom is 0.0278 e. The lowest BCUT2D eigenvalue weighted by Crippen LogP contribution is -2.23. The normalized spacial score (nSPS) is 10.8. The number of hydrogen-bond acceptors (Lipinski definition) is 3. The van der Waals surface area contributed by atoms with Crippen LogP contribution in [0.3, 0.4) is 0 Å². The van der Waals surface area contributed by atoms with Crippen molar-refractivity contribution in [2.45, 2.75) is 31.2 Å². The highest BCUT2D eigenvalue weighted by Gasteiger charge is 1.94. The van der Waals surface area contributed by atoms with Crippen molar-refractivity contribution in [3.63, 3.8) is 0 Å². The van der Waals surface area contributed by atoms with Crippen molar-refractivity contribution in [1.82, 2.24) is 10.3 Å². The van der Waals surface area contributed by atoms with Gasteiger partial charge in [-0.3, -0.25) is 4.98 Å². The molecule has 2 nitrogen and oxygen atoms in total. The van der Waals surface area contributed by atoms with E-state index in [1.54, 1.807) is 0 Å². The summed E-state index contributed by atoms with van der Waals surface area (Å²) in [6.07, 6.45) is 4.90. The van der Waals surface area contributed by atoms with Gasteiger partial charge in [-0.2, -0.15) is 0 Å². The average Bonchev–Trinajstić information content (AvgIpc) is 2.18. The molecule has 1 N–H and O–H groups in total. The van der Waals surface area contributed by atoms with Gasteiger partial charge in [0.2, 0.25) is 0 Å². The summed E-state index contributed by atoms with van der Waals surface area (Å²) in [5.74, 6) is 1.17. The van der Waals surface area contributed by atoms with E-state index < -0.39 is 0 Å². The fraction of sp³-hybridized carbons (Fsp3) is 0.545. The largest absolute Gasteiger partial charge is 0.315 e. The summed E-state index contributed by atoms with van der Waals surface area (Å²) in [6, 6.07) is 4.71. The minimum Gasteiger partial charge on any atom is -0.315 e. The molecule has 0 aliphatic heterocycles. The van der Waals surface area contributed by atoms with Crippen LogP contribution >= 0.6 is 11.8 Å². The van der Waals surface area contributed by atoms with Crippen molar-refractivity contribution in [3.8, 4) is 0 Å². The fourth-order valence-electron chi connectivity index (χ4n) is 1.09. The van der Waals surface area contributed by atoms with Crippen LogP contribution in [0.15, 0.2) is 29.4 Å². The fourth-order valence-corrected chi connectivity index (χ4v) is 1.93. The van der Waals surface area contributed by atoms with Gasteiger partial charge in [0.1, 0.15) is 0 Å². The topological polar surface area (TPSA) is 24.9 Å². The molecule has 0 fully saturated rings. The molecule has 1 aromatic rings. The van der Waals surface area contributed by atoms with Gasteiger partial charge in [-0.15, -0.1) is 11.8 Å². The van der Waals surface area contributed by atoms with Crippen molar-refractivity contribution >= 4 is 11.8 Å². The Kier molecular flexibility index (Phi) is 5.64. The van der Waals surface area contributed by atoms with Crippen LogP contribution in [0, 0.1) is 0 Å². The first-order chi connectivity index (χ1) is 6.79. The molecule has 78 valence electrons. The Bertz CT molecular complexity index is 236. The minimum atomic E-state index is 0.598. The molecule has 0 aromatic carbocycles. The van der Waals surface area contributed by atoms with Crippen LogP contribution in [0.25, 0.3) is 0 Å². The van der Waals surface area contributed by atoms with Crippen LogP contribution in [0.4, 0.5) is 0 Å². The summed E-state index contributed by atoms with van der Waals surface area (Å²) in [6.45, 7) is 5.46. The van der Waals surface area contributed by atoms with Crippen LogP contribution < -0.4 is 5.32 Å². The van der Waals surface area contributed by atoms with Gasteiger partial charge >= 0.3 is 0 Å². The highest BCUT2D eigenvalue weighted by molar-refractivity contribution is 7.99. The second kappa shape index (κ2) is 6.85. The van der Waals surface area contributed by atoms with E-state index in [-0.39, 0.29) is 0 Å². The molecule has 1 heterocycles.